The second-order valence-corrected chi connectivity index (χ2v) is 9.86. The maximum atomic E-state index is 13.2. The number of hydrogen-bond acceptors (Lipinski definition) is 3. The number of rotatable bonds is 9. The van der Waals surface area contributed by atoms with E-state index < -0.39 is 19.2 Å². The molecule has 0 spiro atoms. The Morgan fingerprint density at radius 3 is 2.04 bits per heavy atom. The van der Waals surface area contributed by atoms with Gasteiger partial charge in [-0.3, -0.25) is 13.9 Å². The first-order valence-corrected chi connectivity index (χ1v) is 9.80. The summed E-state index contributed by atoms with van der Waals surface area (Å²) >= 11 is 0. The third-order valence-electron chi connectivity index (χ3n) is 4.38. The highest BCUT2D eigenvalue weighted by atomic mass is 31.2. The van der Waals surface area contributed by atoms with Gasteiger partial charge in [-0.1, -0.05) is 51.1 Å². The van der Waals surface area contributed by atoms with Crippen LogP contribution in [0.2, 0.25) is 0 Å². The van der Waals surface area contributed by atoms with E-state index in [2.05, 4.69) is 0 Å². The Labute approximate surface area is 146 Å². The first-order chi connectivity index (χ1) is 11.0. The molecule has 136 valence electrons. The Hall–Kier alpha value is -1.00. The molecule has 24 heavy (non-hydrogen) atoms. The second kappa shape index (κ2) is 8.39. The number of hydrogen-bond donors (Lipinski definition) is 0. The Balaban J connectivity index is 3.18. The van der Waals surface area contributed by atoms with Crippen LogP contribution in [0, 0.1) is 5.41 Å². The number of carbonyl (C=O) groups excluding carboxylic acids is 1. The van der Waals surface area contributed by atoms with E-state index in [0.29, 0.717) is 12.8 Å². The summed E-state index contributed by atoms with van der Waals surface area (Å²) in [6.45, 7) is 5.80. The fraction of sp³-hybridized carbons (Fsp3) is 0.611. The lowest BCUT2D eigenvalue weighted by atomic mass is 9.81. The molecule has 0 saturated carbocycles. The molecule has 6 heteroatoms. The Morgan fingerprint density at radius 2 is 1.62 bits per heavy atom. The van der Waals surface area contributed by atoms with E-state index in [1.807, 2.05) is 51.1 Å². The van der Waals surface area contributed by atoms with Crippen LogP contribution < -0.4 is 0 Å². The van der Waals surface area contributed by atoms with Gasteiger partial charge in [0.15, 0.2) is 5.78 Å². The molecular weight excluding hydrogens is 323 g/mol. The molecule has 1 aromatic carbocycles. The van der Waals surface area contributed by atoms with Gasteiger partial charge in [-0.05, 0) is 40.2 Å². The lowest BCUT2D eigenvalue weighted by Crippen LogP contribution is -2.39. The van der Waals surface area contributed by atoms with Crippen LogP contribution in [0.1, 0.15) is 32.8 Å². The number of benzene rings is 1. The van der Waals surface area contributed by atoms with Crippen molar-refractivity contribution in [1.29, 1.82) is 0 Å². The van der Waals surface area contributed by atoms with Crippen molar-refractivity contribution in [2.24, 2.45) is 5.41 Å². The molecule has 0 N–H and O–H groups in total. The van der Waals surface area contributed by atoms with E-state index in [4.69, 9.17) is 4.52 Å². The van der Waals surface area contributed by atoms with E-state index >= 15 is 0 Å². The minimum absolute atomic E-state index is 0.0159. The quantitative estimate of drug-likeness (QED) is 0.631. The molecule has 0 aliphatic rings. The third kappa shape index (κ3) is 5.00. The van der Waals surface area contributed by atoms with Gasteiger partial charge >= 0.3 is 7.67 Å². The number of nitrogens with zero attached hydrogens (tertiary/aromatic N) is 2. The van der Waals surface area contributed by atoms with Crippen molar-refractivity contribution in [2.75, 3.05) is 28.2 Å². The zero-order chi connectivity index (χ0) is 18.5. The molecule has 0 radical (unpaired) electrons. The highest BCUT2D eigenvalue weighted by molar-refractivity contribution is 7.53. The summed E-state index contributed by atoms with van der Waals surface area (Å²) in [4.78, 5) is 13.0. The number of ketones is 1. The van der Waals surface area contributed by atoms with Crippen molar-refractivity contribution in [3.63, 3.8) is 0 Å². The molecule has 0 saturated heterocycles. The van der Waals surface area contributed by atoms with Crippen LogP contribution in [0.3, 0.4) is 0 Å². The summed E-state index contributed by atoms with van der Waals surface area (Å²) in [5, 5.41) is 0. The van der Waals surface area contributed by atoms with Crippen LogP contribution in [0.15, 0.2) is 30.3 Å². The molecule has 0 aliphatic heterocycles. The molecule has 1 rings (SSSR count). The summed E-state index contributed by atoms with van der Waals surface area (Å²) in [5.74, 6) is -0.0159. The summed E-state index contributed by atoms with van der Waals surface area (Å²) in [7, 11) is 3.57. The fourth-order valence-electron chi connectivity index (χ4n) is 2.33. The van der Waals surface area contributed by atoms with E-state index in [-0.39, 0.29) is 5.78 Å². The summed E-state index contributed by atoms with van der Waals surface area (Å²) in [5.41, 5.74) is 0.468. The Morgan fingerprint density at radius 1 is 1.12 bits per heavy atom. The molecule has 1 aromatic rings. The summed E-state index contributed by atoms with van der Waals surface area (Å²) in [6.07, 6.45) is 0.363. The molecule has 0 fully saturated rings. The van der Waals surface area contributed by atoms with Gasteiger partial charge < -0.3 is 0 Å². The van der Waals surface area contributed by atoms with Crippen LogP contribution in [0.25, 0.3) is 0 Å². The zero-order valence-corrected chi connectivity index (χ0v) is 16.8. The first-order valence-electron chi connectivity index (χ1n) is 8.27. The standard InChI is InChI=1S/C18H31N2O3P/c1-8-18(2,3)17(21)16(14-15-12-10-9-11-13-15)23-24(22,19(4)5)20(6)7/h9-13,16H,8,14H2,1-7H3. The fourth-order valence-corrected chi connectivity index (χ4v) is 3.92. The van der Waals surface area contributed by atoms with Crippen molar-refractivity contribution in [1.82, 2.24) is 9.34 Å². The zero-order valence-electron chi connectivity index (χ0n) is 15.9. The van der Waals surface area contributed by atoms with Gasteiger partial charge in [0, 0.05) is 11.8 Å². The molecular formula is C18H31N2O3P. The van der Waals surface area contributed by atoms with Gasteiger partial charge in [-0.2, -0.15) is 0 Å². The monoisotopic (exact) mass is 354 g/mol. The molecule has 1 unspecified atom stereocenters. The van der Waals surface area contributed by atoms with Gasteiger partial charge in [0.25, 0.3) is 0 Å². The first kappa shape index (κ1) is 21.0. The Kier molecular flexibility index (Phi) is 7.36. The average molecular weight is 354 g/mol. The van der Waals surface area contributed by atoms with Crippen LogP contribution >= 0.6 is 7.67 Å². The van der Waals surface area contributed by atoms with Crippen molar-refractivity contribution >= 4 is 13.5 Å². The largest absolute Gasteiger partial charge is 0.345 e. The van der Waals surface area contributed by atoms with Crippen molar-refractivity contribution in [2.45, 2.75) is 39.7 Å². The molecule has 5 nitrogen and oxygen atoms in total. The molecule has 1 atom stereocenters. The lowest BCUT2D eigenvalue weighted by molar-refractivity contribution is -0.134. The minimum atomic E-state index is -3.24. The normalized spacial score (nSPS) is 14.2. The predicted molar refractivity (Wildman–Crippen MR) is 99.1 cm³/mol. The lowest BCUT2D eigenvalue weighted by Gasteiger charge is -2.35. The molecule has 0 aliphatic carbocycles. The van der Waals surface area contributed by atoms with Gasteiger partial charge in [0.05, 0.1) is 0 Å². The Bertz CT molecular complexity index is 573. The maximum absolute atomic E-state index is 13.2. The van der Waals surface area contributed by atoms with Gasteiger partial charge in [-0.25, -0.2) is 9.34 Å². The molecule has 0 bridgehead atoms. The average Bonchev–Trinajstić information content (AvgIpc) is 2.53. The second-order valence-electron chi connectivity index (χ2n) is 7.07. The van der Waals surface area contributed by atoms with Crippen molar-refractivity contribution < 1.29 is 13.9 Å². The van der Waals surface area contributed by atoms with Crippen LogP contribution in [-0.4, -0.2) is 49.4 Å². The highest BCUT2D eigenvalue weighted by Gasteiger charge is 2.40. The van der Waals surface area contributed by atoms with Crippen LogP contribution in [0.4, 0.5) is 0 Å². The van der Waals surface area contributed by atoms with E-state index in [0.717, 1.165) is 5.56 Å². The topological polar surface area (TPSA) is 49.9 Å². The van der Waals surface area contributed by atoms with Gasteiger partial charge in [0.1, 0.15) is 6.10 Å². The van der Waals surface area contributed by atoms with Gasteiger partial charge in [-0.15, -0.1) is 0 Å². The van der Waals surface area contributed by atoms with Crippen LogP contribution in [0.5, 0.6) is 0 Å². The smallest absolute Gasteiger partial charge is 0.296 e. The SMILES string of the molecule is CCC(C)(C)C(=O)C(Cc1ccccc1)OP(=O)(N(C)C)N(C)C. The minimum Gasteiger partial charge on any atom is -0.296 e. The van der Waals surface area contributed by atoms with E-state index in [9.17, 15) is 9.36 Å². The third-order valence-corrected chi connectivity index (χ3v) is 6.93. The molecule has 0 amide bonds. The van der Waals surface area contributed by atoms with Crippen molar-refractivity contribution in [3.05, 3.63) is 35.9 Å². The summed E-state index contributed by atoms with van der Waals surface area (Å²) in [6, 6.07) is 9.71. The van der Waals surface area contributed by atoms with Crippen molar-refractivity contribution in [3.8, 4) is 0 Å². The molecule has 0 heterocycles. The van der Waals surface area contributed by atoms with E-state index in [1.54, 1.807) is 37.5 Å². The van der Waals surface area contributed by atoms with E-state index in [1.165, 1.54) is 0 Å². The highest BCUT2D eigenvalue weighted by Crippen LogP contribution is 2.52. The van der Waals surface area contributed by atoms with Gasteiger partial charge in [0.2, 0.25) is 0 Å². The molecule has 0 aromatic heterocycles. The maximum Gasteiger partial charge on any atom is 0.345 e. The predicted octanol–water partition coefficient (Wildman–Crippen LogP) is 3.85. The number of carbonyl (C=O) groups is 1. The van der Waals surface area contributed by atoms with Crippen LogP contribution in [-0.2, 0) is 20.3 Å². The number of Topliss-reactive ketones (excluding diaryl/α,β-unsaturated/α-hetero) is 1. The summed E-state index contributed by atoms with van der Waals surface area (Å²) < 4.78 is 22.3.